The zero-order valence-electron chi connectivity index (χ0n) is 14.1. The van der Waals surface area contributed by atoms with E-state index in [9.17, 15) is 18.0 Å². The molecule has 0 spiro atoms. The molecule has 0 unspecified atom stereocenters. The molecule has 28 heavy (non-hydrogen) atoms. The zero-order valence-corrected chi connectivity index (χ0v) is 16.4. The molecule has 0 aliphatic heterocycles. The molecule has 0 bridgehead atoms. The van der Waals surface area contributed by atoms with Crippen molar-refractivity contribution in [3.8, 4) is 10.6 Å². The summed E-state index contributed by atoms with van der Waals surface area (Å²) in [5, 5.41) is 8.32. The Morgan fingerprint density at radius 1 is 1.25 bits per heavy atom. The number of carbonyl (C=O) groups is 1. The molecule has 0 saturated carbocycles. The predicted molar refractivity (Wildman–Crippen MR) is 103 cm³/mol. The standard InChI is InChI=1S/C17H11Cl2F3N4OS/c1-26-15(17(20,21)22)7-13(25-26)14-5-3-10(28-14)8-23-24-16(27)11-4-2-9(18)6-12(11)19/h2-8H,1H3,(H,24,27). The van der Waals surface area contributed by atoms with E-state index in [0.717, 1.165) is 10.7 Å². The van der Waals surface area contributed by atoms with Crippen molar-refractivity contribution in [1.29, 1.82) is 0 Å². The number of alkyl halides is 3. The molecule has 2 heterocycles. The lowest BCUT2D eigenvalue weighted by atomic mass is 10.2. The molecule has 11 heteroatoms. The summed E-state index contributed by atoms with van der Waals surface area (Å²) in [5.41, 5.74) is 1.91. The maximum Gasteiger partial charge on any atom is 0.433 e. The van der Waals surface area contributed by atoms with Gasteiger partial charge in [-0.3, -0.25) is 9.48 Å². The average Bonchev–Trinajstić information content (AvgIpc) is 3.20. The van der Waals surface area contributed by atoms with E-state index in [4.69, 9.17) is 23.2 Å². The van der Waals surface area contributed by atoms with Crippen LogP contribution in [0.5, 0.6) is 0 Å². The van der Waals surface area contributed by atoms with Crippen molar-refractivity contribution in [2.75, 3.05) is 0 Å². The molecule has 0 aliphatic rings. The second-order valence-electron chi connectivity index (χ2n) is 5.56. The van der Waals surface area contributed by atoms with Crippen LogP contribution in [0.4, 0.5) is 13.2 Å². The minimum Gasteiger partial charge on any atom is -0.267 e. The Balaban J connectivity index is 1.70. The lowest BCUT2D eigenvalue weighted by Gasteiger charge is -2.04. The maximum absolute atomic E-state index is 12.9. The van der Waals surface area contributed by atoms with Gasteiger partial charge in [-0.1, -0.05) is 23.2 Å². The highest BCUT2D eigenvalue weighted by Gasteiger charge is 2.35. The first-order valence-corrected chi connectivity index (χ1v) is 9.22. The van der Waals surface area contributed by atoms with E-state index in [0.29, 0.717) is 14.8 Å². The number of hydrogen-bond acceptors (Lipinski definition) is 4. The minimum atomic E-state index is -4.48. The van der Waals surface area contributed by atoms with Gasteiger partial charge < -0.3 is 0 Å². The van der Waals surface area contributed by atoms with Crippen LogP contribution in [0.3, 0.4) is 0 Å². The molecule has 146 valence electrons. The number of aryl methyl sites for hydroxylation is 1. The number of hydrogen-bond donors (Lipinski definition) is 1. The fraction of sp³-hybridized carbons (Fsp3) is 0.118. The highest BCUT2D eigenvalue weighted by molar-refractivity contribution is 7.17. The summed E-state index contributed by atoms with van der Waals surface area (Å²) < 4.78 is 39.4. The van der Waals surface area contributed by atoms with Crippen molar-refractivity contribution in [2.24, 2.45) is 12.1 Å². The predicted octanol–water partition coefficient (Wildman–Crippen LogP) is 5.24. The van der Waals surface area contributed by atoms with Crippen LogP contribution in [0.2, 0.25) is 10.0 Å². The molecular formula is C17H11Cl2F3N4OS. The zero-order chi connectivity index (χ0) is 20.5. The van der Waals surface area contributed by atoms with E-state index in [1.165, 1.54) is 42.8 Å². The van der Waals surface area contributed by atoms with Crippen LogP contribution in [0.15, 0.2) is 41.5 Å². The molecule has 0 saturated heterocycles. The first-order chi connectivity index (χ1) is 13.1. The normalized spacial score (nSPS) is 11.9. The molecule has 3 aromatic rings. The van der Waals surface area contributed by atoms with Crippen LogP contribution in [0, 0.1) is 0 Å². The van der Waals surface area contributed by atoms with Gasteiger partial charge in [0.25, 0.3) is 5.91 Å². The number of benzene rings is 1. The summed E-state index contributed by atoms with van der Waals surface area (Å²) in [4.78, 5) is 13.2. The molecule has 0 atom stereocenters. The molecular weight excluding hydrogens is 436 g/mol. The van der Waals surface area contributed by atoms with E-state index in [1.54, 1.807) is 12.1 Å². The highest BCUT2D eigenvalue weighted by atomic mass is 35.5. The number of amides is 1. The molecule has 1 N–H and O–H groups in total. The fourth-order valence-electron chi connectivity index (χ4n) is 2.30. The lowest BCUT2D eigenvalue weighted by molar-refractivity contribution is -0.143. The van der Waals surface area contributed by atoms with Gasteiger partial charge in [0.05, 0.1) is 21.7 Å². The first-order valence-electron chi connectivity index (χ1n) is 7.65. The Labute approximate surface area is 171 Å². The third kappa shape index (κ3) is 4.54. The molecule has 1 aromatic carbocycles. The number of nitrogens with one attached hydrogen (secondary N) is 1. The fourth-order valence-corrected chi connectivity index (χ4v) is 3.63. The topological polar surface area (TPSA) is 59.3 Å². The largest absolute Gasteiger partial charge is 0.433 e. The smallest absolute Gasteiger partial charge is 0.267 e. The van der Waals surface area contributed by atoms with E-state index in [1.807, 2.05) is 0 Å². The maximum atomic E-state index is 12.9. The Bertz CT molecular complexity index is 1060. The van der Waals surface area contributed by atoms with Crippen molar-refractivity contribution >= 4 is 46.7 Å². The van der Waals surface area contributed by atoms with Crippen LogP contribution < -0.4 is 5.43 Å². The van der Waals surface area contributed by atoms with Crippen LogP contribution in [0.1, 0.15) is 20.9 Å². The van der Waals surface area contributed by atoms with Crippen molar-refractivity contribution < 1.29 is 18.0 Å². The SMILES string of the molecule is Cn1nc(-c2ccc(C=NNC(=O)c3ccc(Cl)cc3Cl)s2)cc1C(F)(F)F. The van der Waals surface area contributed by atoms with E-state index in [2.05, 4.69) is 15.6 Å². The summed E-state index contributed by atoms with van der Waals surface area (Å²) in [6, 6.07) is 8.71. The third-order valence-corrected chi connectivity index (χ3v) is 5.17. The molecule has 0 aliphatic carbocycles. The summed E-state index contributed by atoms with van der Waals surface area (Å²) in [6.45, 7) is 0. The van der Waals surface area contributed by atoms with Gasteiger partial charge in [0.15, 0.2) is 0 Å². The van der Waals surface area contributed by atoms with Crippen LogP contribution in [-0.4, -0.2) is 21.9 Å². The van der Waals surface area contributed by atoms with Crippen LogP contribution in [-0.2, 0) is 13.2 Å². The number of aromatic nitrogens is 2. The van der Waals surface area contributed by atoms with Crippen LogP contribution in [0.25, 0.3) is 10.6 Å². The van der Waals surface area contributed by atoms with Gasteiger partial charge in [-0.25, -0.2) is 5.43 Å². The summed E-state index contributed by atoms with van der Waals surface area (Å²) in [5.74, 6) is -0.519. The van der Waals surface area contributed by atoms with Crippen molar-refractivity contribution in [1.82, 2.24) is 15.2 Å². The molecule has 0 radical (unpaired) electrons. The van der Waals surface area contributed by atoms with Gasteiger partial charge in [0.2, 0.25) is 0 Å². The van der Waals surface area contributed by atoms with E-state index >= 15 is 0 Å². The molecule has 1 amide bonds. The third-order valence-electron chi connectivity index (χ3n) is 3.58. The van der Waals surface area contributed by atoms with Gasteiger partial charge in [-0.2, -0.15) is 23.4 Å². The van der Waals surface area contributed by atoms with Gasteiger partial charge in [0.1, 0.15) is 11.4 Å². The summed E-state index contributed by atoms with van der Waals surface area (Å²) in [7, 11) is 1.24. The van der Waals surface area contributed by atoms with Crippen molar-refractivity contribution in [3.63, 3.8) is 0 Å². The van der Waals surface area contributed by atoms with Crippen LogP contribution >= 0.6 is 34.5 Å². The van der Waals surface area contributed by atoms with Crippen molar-refractivity contribution in [3.05, 3.63) is 62.6 Å². The first kappa shape index (κ1) is 20.4. The van der Waals surface area contributed by atoms with E-state index in [-0.39, 0.29) is 16.3 Å². The van der Waals surface area contributed by atoms with Gasteiger partial charge in [0, 0.05) is 16.9 Å². The molecule has 0 fully saturated rings. The van der Waals surface area contributed by atoms with Gasteiger partial charge in [-0.15, -0.1) is 11.3 Å². The lowest BCUT2D eigenvalue weighted by Crippen LogP contribution is -2.17. The second-order valence-corrected chi connectivity index (χ2v) is 7.52. The minimum absolute atomic E-state index is 0.189. The number of rotatable bonds is 4. The Kier molecular flexibility index (Phi) is 5.78. The average molecular weight is 447 g/mol. The second kappa shape index (κ2) is 7.94. The summed E-state index contributed by atoms with van der Waals surface area (Å²) in [6.07, 6.45) is -3.10. The Morgan fingerprint density at radius 2 is 2.00 bits per heavy atom. The Morgan fingerprint density at radius 3 is 2.64 bits per heavy atom. The highest BCUT2D eigenvalue weighted by Crippen LogP contribution is 2.33. The number of thiophene rings is 1. The number of carbonyl (C=O) groups excluding carboxylic acids is 1. The molecule has 5 nitrogen and oxygen atoms in total. The van der Waals surface area contributed by atoms with Gasteiger partial charge >= 0.3 is 6.18 Å². The quantitative estimate of drug-likeness (QED) is 0.440. The summed E-state index contributed by atoms with van der Waals surface area (Å²) >= 11 is 12.9. The molecule has 2 aromatic heterocycles. The van der Waals surface area contributed by atoms with Gasteiger partial charge in [-0.05, 0) is 36.4 Å². The number of hydrazone groups is 1. The monoisotopic (exact) mass is 446 g/mol. The molecule has 3 rings (SSSR count). The van der Waals surface area contributed by atoms with Crippen molar-refractivity contribution in [2.45, 2.75) is 6.18 Å². The van der Waals surface area contributed by atoms with E-state index < -0.39 is 17.8 Å². The number of nitrogens with zero attached hydrogens (tertiary/aromatic N) is 3. The Hall–Kier alpha value is -2.36. The number of halogens is 5.